The second kappa shape index (κ2) is 4.27. The topological polar surface area (TPSA) is 114 Å². The van der Waals surface area contributed by atoms with Gasteiger partial charge in [-0.1, -0.05) is 0 Å². The summed E-state index contributed by atoms with van der Waals surface area (Å²) in [6.07, 6.45) is -0.860. The molecule has 3 aliphatic rings. The van der Waals surface area contributed by atoms with Crippen LogP contribution in [-0.4, -0.2) is 50.8 Å². The Bertz CT molecular complexity index is 595. The molecule has 4 atom stereocenters. The van der Waals surface area contributed by atoms with Crippen molar-refractivity contribution in [2.45, 2.75) is 30.5 Å². The number of nitrogens with one attached hydrogen (secondary N) is 1. The molecule has 0 spiro atoms. The van der Waals surface area contributed by atoms with Gasteiger partial charge in [-0.25, -0.2) is 4.79 Å². The van der Waals surface area contributed by atoms with Gasteiger partial charge in [0, 0.05) is 18.7 Å². The Balaban J connectivity index is 2.01. The second-order valence-corrected chi connectivity index (χ2v) is 4.91. The Morgan fingerprint density at radius 1 is 1.53 bits per heavy atom. The molecule has 8 nitrogen and oxygen atoms in total. The van der Waals surface area contributed by atoms with E-state index in [0.717, 1.165) is 4.57 Å². The molecular formula is C11H14N2O6. The zero-order chi connectivity index (χ0) is 13.6. The molecule has 3 saturated heterocycles. The van der Waals surface area contributed by atoms with Crippen molar-refractivity contribution in [3.8, 4) is 0 Å². The number of aliphatic hydroxyl groups excluding tert-OH is 2. The first-order valence-electron chi connectivity index (χ1n) is 5.94. The Hall–Kier alpha value is -1.48. The average Bonchev–Trinajstić information content (AvgIpc) is 2.39. The summed E-state index contributed by atoms with van der Waals surface area (Å²) in [6, 6.07) is 1.19. The number of aliphatic hydroxyl groups is 2. The van der Waals surface area contributed by atoms with Gasteiger partial charge < -0.3 is 19.7 Å². The minimum absolute atomic E-state index is 0.166. The van der Waals surface area contributed by atoms with Gasteiger partial charge in [-0.3, -0.25) is 14.3 Å². The molecule has 4 unspecified atom stereocenters. The monoisotopic (exact) mass is 270 g/mol. The quantitative estimate of drug-likeness (QED) is 0.570. The molecular weight excluding hydrogens is 256 g/mol. The fraction of sp³-hybridized carbons (Fsp3) is 0.636. The number of ether oxygens (including phenoxy) is 2. The van der Waals surface area contributed by atoms with Crippen molar-refractivity contribution in [2.24, 2.45) is 0 Å². The number of hydrogen-bond donors (Lipinski definition) is 3. The number of hydrogen-bond acceptors (Lipinski definition) is 6. The van der Waals surface area contributed by atoms with Crippen LogP contribution in [0.2, 0.25) is 0 Å². The van der Waals surface area contributed by atoms with Gasteiger partial charge >= 0.3 is 5.69 Å². The number of rotatable bonds is 2. The molecule has 4 rings (SSSR count). The van der Waals surface area contributed by atoms with Crippen LogP contribution in [0.15, 0.2) is 21.9 Å². The highest BCUT2D eigenvalue weighted by atomic mass is 16.6. The standard InChI is InChI=1S/C11H14N2O6/c14-4-11-3-6(15)8(18-5-11)9(19-11)13-2-1-7(16)12-10(13)17/h1-2,6,8-9,14-15H,3-5H2,(H,12,16,17). The van der Waals surface area contributed by atoms with Crippen LogP contribution in [0.1, 0.15) is 12.6 Å². The van der Waals surface area contributed by atoms with E-state index in [9.17, 15) is 19.8 Å². The number of nitrogens with zero attached hydrogens (tertiary/aromatic N) is 1. The van der Waals surface area contributed by atoms with Crippen LogP contribution >= 0.6 is 0 Å². The first kappa shape index (κ1) is 12.5. The number of aromatic amines is 1. The third kappa shape index (κ3) is 1.93. The molecule has 104 valence electrons. The SMILES string of the molecule is O=c1ccn(C2OC3(CO)COC2C(O)C3)c(=O)[nH]1. The molecule has 3 fully saturated rings. The summed E-state index contributed by atoms with van der Waals surface area (Å²) in [4.78, 5) is 24.9. The van der Waals surface area contributed by atoms with Crippen LogP contribution in [0.3, 0.4) is 0 Å². The van der Waals surface area contributed by atoms with Crippen molar-refractivity contribution in [3.05, 3.63) is 33.1 Å². The zero-order valence-electron chi connectivity index (χ0n) is 9.98. The van der Waals surface area contributed by atoms with E-state index in [2.05, 4.69) is 4.98 Å². The number of fused-ring (bicyclic) bond motifs is 3. The molecule has 0 aliphatic carbocycles. The summed E-state index contributed by atoms with van der Waals surface area (Å²) in [5.41, 5.74) is -2.16. The highest BCUT2D eigenvalue weighted by molar-refractivity contribution is 5.00. The molecule has 3 N–H and O–H groups in total. The molecule has 4 heterocycles. The lowest BCUT2D eigenvalue weighted by atomic mass is 9.87. The van der Waals surface area contributed by atoms with E-state index in [1.165, 1.54) is 12.3 Å². The van der Waals surface area contributed by atoms with Gasteiger partial charge in [0.25, 0.3) is 5.56 Å². The van der Waals surface area contributed by atoms with Crippen LogP contribution in [0, 0.1) is 0 Å². The lowest BCUT2D eigenvalue weighted by Crippen LogP contribution is -2.64. The largest absolute Gasteiger partial charge is 0.393 e. The van der Waals surface area contributed by atoms with Crippen molar-refractivity contribution in [2.75, 3.05) is 13.2 Å². The highest BCUT2D eigenvalue weighted by Crippen LogP contribution is 2.40. The predicted octanol–water partition coefficient (Wildman–Crippen LogP) is -2.05. The van der Waals surface area contributed by atoms with Crippen molar-refractivity contribution in [3.63, 3.8) is 0 Å². The summed E-state index contributed by atoms with van der Waals surface area (Å²) in [7, 11) is 0. The minimum Gasteiger partial charge on any atom is -0.393 e. The molecule has 19 heavy (non-hydrogen) atoms. The molecule has 0 amide bonds. The van der Waals surface area contributed by atoms with Crippen LogP contribution < -0.4 is 11.2 Å². The van der Waals surface area contributed by atoms with Crippen molar-refractivity contribution < 1.29 is 19.7 Å². The van der Waals surface area contributed by atoms with Gasteiger partial charge in [0.05, 0.1) is 19.3 Å². The number of H-pyrrole nitrogens is 1. The van der Waals surface area contributed by atoms with Gasteiger partial charge in [-0.15, -0.1) is 0 Å². The van der Waals surface area contributed by atoms with E-state index < -0.39 is 35.3 Å². The molecule has 8 heteroatoms. The van der Waals surface area contributed by atoms with Gasteiger partial charge in [0.1, 0.15) is 11.7 Å². The van der Waals surface area contributed by atoms with E-state index in [1.54, 1.807) is 0 Å². The van der Waals surface area contributed by atoms with Gasteiger partial charge in [0.2, 0.25) is 0 Å². The van der Waals surface area contributed by atoms with E-state index in [0.29, 0.717) is 0 Å². The van der Waals surface area contributed by atoms with Crippen LogP contribution in [0.5, 0.6) is 0 Å². The summed E-state index contributed by atoms with van der Waals surface area (Å²) in [5.74, 6) is 0. The summed E-state index contributed by atoms with van der Waals surface area (Å²) in [5, 5.41) is 19.4. The highest BCUT2D eigenvalue weighted by Gasteiger charge is 2.53. The van der Waals surface area contributed by atoms with Crippen molar-refractivity contribution in [1.82, 2.24) is 9.55 Å². The van der Waals surface area contributed by atoms with Crippen LogP contribution in [0.25, 0.3) is 0 Å². The zero-order valence-corrected chi connectivity index (χ0v) is 9.98. The van der Waals surface area contributed by atoms with Gasteiger partial charge in [0.15, 0.2) is 6.23 Å². The normalized spacial score (nSPS) is 37.5. The summed E-state index contributed by atoms with van der Waals surface area (Å²) in [6.45, 7) is -0.148. The van der Waals surface area contributed by atoms with Crippen LogP contribution in [-0.2, 0) is 9.47 Å². The Morgan fingerprint density at radius 3 is 2.95 bits per heavy atom. The van der Waals surface area contributed by atoms with E-state index in [1.807, 2.05) is 0 Å². The summed E-state index contributed by atoms with van der Waals surface area (Å²) < 4.78 is 12.3. The molecule has 0 aromatic carbocycles. The third-order valence-corrected chi connectivity index (χ3v) is 3.56. The third-order valence-electron chi connectivity index (χ3n) is 3.56. The van der Waals surface area contributed by atoms with Gasteiger partial charge in [-0.05, 0) is 0 Å². The predicted molar refractivity (Wildman–Crippen MR) is 61.6 cm³/mol. The maximum atomic E-state index is 11.7. The average molecular weight is 270 g/mol. The Labute approximate surface area is 107 Å². The fourth-order valence-electron chi connectivity index (χ4n) is 2.58. The molecule has 1 aromatic rings. The van der Waals surface area contributed by atoms with E-state index in [4.69, 9.17) is 9.47 Å². The molecule has 2 bridgehead atoms. The van der Waals surface area contributed by atoms with Crippen LogP contribution in [0.4, 0.5) is 0 Å². The molecule has 0 radical (unpaired) electrons. The first-order valence-corrected chi connectivity index (χ1v) is 5.94. The van der Waals surface area contributed by atoms with Gasteiger partial charge in [-0.2, -0.15) is 0 Å². The van der Waals surface area contributed by atoms with Crippen molar-refractivity contribution in [1.29, 1.82) is 0 Å². The molecule has 3 aliphatic heterocycles. The molecule has 1 aromatic heterocycles. The fourth-order valence-corrected chi connectivity index (χ4v) is 2.58. The van der Waals surface area contributed by atoms with Crippen molar-refractivity contribution >= 4 is 0 Å². The molecule has 0 saturated carbocycles. The second-order valence-electron chi connectivity index (χ2n) is 4.91. The Morgan fingerprint density at radius 2 is 2.32 bits per heavy atom. The smallest absolute Gasteiger partial charge is 0.330 e. The lowest BCUT2D eigenvalue weighted by Gasteiger charge is -2.51. The minimum atomic E-state index is -1.01. The maximum absolute atomic E-state index is 11.7. The first-order chi connectivity index (χ1) is 9.04. The Kier molecular flexibility index (Phi) is 2.82. The van der Waals surface area contributed by atoms with E-state index >= 15 is 0 Å². The number of aromatic nitrogens is 2. The lowest BCUT2D eigenvalue weighted by molar-refractivity contribution is -0.330. The van der Waals surface area contributed by atoms with E-state index in [-0.39, 0.29) is 19.6 Å². The summed E-state index contributed by atoms with van der Waals surface area (Å²) >= 11 is 0. The maximum Gasteiger partial charge on any atom is 0.330 e.